The molecule has 1 saturated heterocycles. The molecular formula is C16H19NO2S. The lowest BCUT2D eigenvalue weighted by molar-refractivity contribution is -0.130. The van der Waals surface area contributed by atoms with Gasteiger partial charge < -0.3 is 4.90 Å². The largest absolute Gasteiger partial charge is 0.342 e. The monoisotopic (exact) mass is 289 g/mol. The molecule has 1 aromatic carbocycles. The molecule has 2 rings (SSSR count). The molecule has 0 N–H and O–H groups in total. The van der Waals surface area contributed by atoms with E-state index in [2.05, 4.69) is 6.58 Å². The van der Waals surface area contributed by atoms with Crippen LogP contribution in [0.3, 0.4) is 0 Å². The Bertz CT molecular complexity index is 487. The van der Waals surface area contributed by atoms with Gasteiger partial charge in [0.15, 0.2) is 0 Å². The average molecular weight is 289 g/mol. The average Bonchev–Trinajstić information content (AvgIpc) is 2.94. The van der Waals surface area contributed by atoms with E-state index in [0.29, 0.717) is 13.0 Å². The molecule has 1 unspecified atom stereocenters. The van der Waals surface area contributed by atoms with Crippen molar-refractivity contribution in [3.05, 3.63) is 48.6 Å². The number of allylic oxidation sites excluding steroid dienone is 1. The normalized spacial score (nSPS) is 18.0. The van der Waals surface area contributed by atoms with Crippen molar-refractivity contribution in [3.63, 3.8) is 0 Å². The molecule has 0 aromatic heterocycles. The van der Waals surface area contributed by atoms with Crippen LogP contribution in [-0.4, -0.2) is 34.3 Å². The lowest BCUT2D eigenvalue weighted by Crippen LogP contribution is -2.28. The summed E-state index contributed by atoms with van der Waals surface area (Å²) in [5.41, 5.74) is 0.730. The van der Waals surface area contributed by atoms with Gasteiger partial charge in [-0.25, -0.2) is 0 Å². The molecule has 0 radical (unpaired) electrons. The quantitative estimate of drug-likeness (QED) is 0.782. The summed E-state index contributed by atoms with van der Waals surface area (Å²) in [5.74, 6) is 0.167. The van der Waals surface area contributed by atoms with E-state index in [4.69, 9.17) is 0 Å². The molecule has 1 atom stereocenters. The minimum absolute atomic E-state index is 0.0935. The first kappa shape index (κ1) is 14.9. The van der Waals surface area contributed by atoms with Crippen LogP contribution in [0.5, 0.6) is 0 Å². The van der Waals surface area contributed by atoms with Gasteiger partial charge in [-0.2, -0.15) is 0 Å². The molecular weight excluding hydrogens is 270 g/mol. The van der Waals surface area contributed by atoms with Gasteiger partial charge in [0.1, 0.15) is 0 Å². The lowest BCUT2D eigenvalue weighted by Gasteiger charge is -2.15. The number of amides is 1. The second kappa shape index (κ2) is 7.29. The van der Waals surface area contributed by atoms with Gasteiger partial charge >= 0.3 is 0 Å². The minimum Gasteiger partial charge on any atom is -0.342 e. The predicted octanol–water partition coefficient (Wildman–Crippen LogP) is 3.13. The van der Waals surface area contributed by atoms with Crippen LogP contribution in [0.1, 0.15) is 29.6 Å². The number of hydrogen-bond acceptors (Lipinski definition) is 3. The number of carbonyl (C=O) groups excluding carboxylic acids is 2. The predicted molar refractivity (Wildman–Crippen MR) is 82.8 cm³/mol. The number of benzene rings is 1. The Labute approximate surface area is 124 Å². The first-order chi connectivity index (χ1) is 9.70. The van der Waals surface area contributed by atoms with E-state index in [9.17, 15) is 9.59 Å². The molecule has 1 fully saturated rings. The van der Waals surface area contributed by atoms with Crippen molar-refractivity contribution in [1.29, 1.82) is 0 Å². The fraction of sp³-hybridized carbons (Fsp3) is 0.375. The van der Waals surface area contributed by atoms with Gasteiger partial charge in [0.25, 0.3) is 0 Å². The highest BCUT2D eigenvalue weighted by Crippen LogP contribution is 2.26. The van der Waals surface area contributed by atoms with Crippen molar-refractivity contribution in [1.82, 2.24) is 4.90 Å². The summed E-state index contributed by atoms with van der Waals surface area (Å²) in [7, 11) is 0. The van der Waals surface area contributed by atoms with Gasteiger partial charge in [0.05, 0.1) is 0 Å². The van der Waals surface area contributed by atoms with Crippen molar-refractivity contribution < 1.29 is 9.59 Å². The minimum atomic E-state index is 0.0935. The Morgan fingerprint density at radius 2 is 2.10 bits per heavy atom. The van der Waals surface area contributed by atoms with E-state index in [1.165, 1.54) is 11.8 Å². The highest BCUT2D eigenvalue weighted by atomic mass is 32.2. The summed E-state index contributed by atoms with van der Waals surface area (Å²) >= 11 is 1.35. The van der Waals surface area contributed by atoms with E-state index in [1.54, 1.807) is 6.08 Å². The van der Waals surface area contributed by atoms with E-state index >= 15 is 0 Å². The summed E-state index contributed by atoms with van der Waals surface area (Å²) in [6.45, 7) is 5.07. The van der Waals surface area contributed by atoms with E-state index in [0.717, 1.165) is 24.9 Å². The first-order valence-corrected chi connectivity index (χ1v) is 7.73. The number of rotatable bonds is 5. The third-order valence-electron chi connectivity index (χ3n) is 3.34. The first-order valence-electron chi connectivity index (χ1n) is 6.85. The second-order valence-corrected chi connectivity index (χ2v) is 6.12. The van der Waals surface area contributed by atoms with Crippen LogP contribution < -0.4 is 0 Å². The highest BCUT2D eigenvalue weighted by molar-refractivity contribution is 8.14. The fourth-order valence-electron chi connectivity index (χ4n) is 2.23. The smallest absolute Gasteiger partial charge is 0.222 e. The summed E-state index contributed by atoms with van der Waals surface area (Å²) < 4.78 is 0. The van der Waals surface area contributed by atoms with Crippen molar-refractivity contribution in [2.24, 2.45) is 0 Å². The number of hydrogen-bond donors (Lipinski definition) is 0. The maximum atomic E-state index is 12.1. The van der Waals surface area contributed by atoms with Crippen LogP contribution in [0, 0.1) is 0 Å². The van der Waals surface area contributed by atoms with E-state index in [1.807, 2.05) is 35.2 Å². The Hall–Kier alpha value is -1.55. The molecule has 1 heterocycles. The van der Waals surface area contributed by atoms with E-state index in [-0.39, 0.29) is 16.3 Å². The van der Waals surface area contributed by atoms with Gasteiger partial charge in [-0.15, -0.1) is 6.58 Å². The maximum absolute atomic E-state index is 12.1. The Balaban J connectivity index is 1.83. The summed E-state index contributed by atoms with van der Waals surface area (Å²) in [6.07, 6.45) is 3.89. The Morgan fingerprint density at radius 3 is 2.80 bits per heavy atom. The number of carbonyl (C=O) groups is 2. The molecule has 1 aliphatic rings. The van der Waals surface area contributed by atoms with Crippen LogP contribution in [0.4, 0.5) is 0 Å². The molecule has 1 aliphatic heterocycles. The van der Waals surface area contributed by atoms with Gasteiger partial charge in [-0.3, -0.25) is 9.59 Å². The van der Waals surface area contributed by atoms with Gasteiger partial charge in [0.2, 0.25) is 11.0 Å². The Morgan fingerprint density at radius 1 is 1.35 bits per heavy atom. The zero-order valence-corrected chi connectivity index (χ0v) is 12.3. The molecule has 1 amide bonds. The van der Waals surface area contributed by atoms with Crippen LogP contribution in [0.15, 0.2) is 43.0 Å². The molecule has 20 heavy (non-hydrogen) atoms. The standard InChI is InChI=1S/C16H19NO2S/c1-2-3-9-15(18)17-11-10-14(12-17)20-16(19)13-7-5-4-6-8-13/h2,4-8,14H,1,3,9-12H2. The molecule has 4 heteroatoms. The highest BCUT2D eigenvalue weighted by Gasteiger charge is 2.28. The molecule has 0 aliphatic carbocycles. The molecule has 0 bridgehead atoms. The number of thioether (sulfide) groups is 1. The van der Waals surface area contributed by atoms with Crippen molar-refractivity contribution >= 4 is 22.8 Å². The zero-order chi connectivity index (χ0) is 14.4. The Kier molecular flexibility index (Phi) is 5.41. The zero-order valence-electron chi connectivity index (χ0n) is 11.5. The van der Waals surface area contributed by atoms with Gasteiger partial charge in [-0.1, -0.05) is 48.2 Å². The SMILES string of the molecule is C=CCCC(=O)N1CCC(SC(=O)c2ccccc2)C1. The molecule has 0 saturated carbocycles. The summed E-state index contributed by atoms with van der Waals surface area (Å²) in [6, 6.07) is 9.30. The third-order valence-corrected chi connectivity index (χ3v) is 4.51. The van der Waals surface area contributed by atoms with Crippen LogP contribution in [0.25, 0.3) is 0 Å². The fourth-order valence-corrected chi connectivity index (χ4v) is 3.28. The van der Waals surface area contributed by atoms with Crippen molar-refractivity contribution in [2.75, 3.05) is 13.1 Å². The number of likely N-dealkylation sites (tertiary alicyclic amines) is 1. The topological polar surface area (TPSA) is 37.4 Å². The summed E-state index contributed by atoms with van der Waals surface area (Å²) in [5, 5.41) is 0.311. The van der Waals surface area contributed by atoms with Gasteiger partial charge in [0, 0.05) is 30.3 Å². The van der Waals surface area contributed by atoms with Crippen LogP contribution >= 0.6 is 11.8 Å². The van der Waals surface area contributed by atoms with Crippen LogP contribution in [0.2, 0.25) is 0 Å². The molecule has 106 valence electrons. The molecule has 1 aromatic rings. The van der Waals surface area contributed by atoms with Crippen molar-refractivity contribution in [3.8, 4) is 0 Å². The second-order valence-electron chi connectivity index (χ2n) is 4.85. The van der Waals surface area contributed by atoms with Crippen LogP contribution in [-0.2, 0) is 4.79 Å². The van der Waals surface area contributed by atoms with Crippen molar-refractivity contribution in [2.45, 2.75) is 24.5 Å². The number of nitrogens with zero attached hydrogens (tertiary/aromatic N) is 1. The van der Waals surface area contributed by atoms with E-state index < -0.39 is 0 Å². The molecule has 3 nitrogen and oxygen atoms in total. The third kappa shape index (κ3) is 3.97. The molecule has 0 spiro atoms. The maximum Gasteiger partial charge on any atom is 0.222 e. The summed E-state index contributed by atoms with van der Waals surface area (Å²) in [4.78, 5) is 25.8. The van der Waals surface area contributed by atoms with Gasteiger partial charge in [-0.05, 0) is 12.8 Å². The lowest BCUT2D eigenvalue weighted by atomic mass is 10.2.